The highest BCUT2D eigenvalue weighted by Crippen LogP contribution is 2.07. The predicted octanol–water partition coefficient (Wildman–Crippen LogP) is 3.35. The molecule has 0 N–H and O–H groups in total. The van der Waals surface area contributed by atoms with Gasteiger partial charge in [-0.2, -0.15) is 0 Å². The van der Waals surface area contributed by atoms with Gasteiger partial charge in [-0.05, 0) is 46.1 Å². The van der Waals surface area contributed by atoms with Crippen LogP contribution in [0.4, 0.5) is 0 Å². The van der Waals surface area contributed by atoms with Gasteiger partial charge in [0.2, 0.25) is 0 Å². The molecule has 0 radical (unpaired) electrons. The molecule has 96 valence electrons. The maximum atomic E-state index is 2.27. The molecule has 0 saturated carbocycles. The maximum Gasteiger partial charge on any atom is 0.00555 e. The first-order valence-corrected chi connectivity index (χ1v) is 6.60. The minimum absolute atomic E-state index is 1.23. The summed E-state index contributed by atoms with van der Waals surface area (Å²) in [4.78, 5) is 4.37. The molecule has 0 heterocycles. The SMILES string of the molecule is CN(C)C=CCCCCCCCCN(C)C. The van der Waals surface area contributed by atoms with Gasteiger partial charge in [0.15, 0.2) is 0 Å². The Labute approximate surface area is 102 Å². The lowest BCUT2D eigenvalue weighted by molar-refractivity contribution is 0.389. The van der Waals surface area contributed by atoms with Crippen LogP contribution < -0.4 is 0 Å². The van der Waals surface area contributed by atoms with Crippen LogP contribution in [0.15, 0.2) is 12.3 Å². The van der Waals surface area contributed by atoms with Gasteiger partial charge in [-0.25, -0.2) is 0 Å². The molecule has 2 nitrogen and oxygen atoms in total. The molecule has 0 aliphatic heterocycles. The third-order valence-corrected chi connectivity index (χ3v) is 2.63. The van der Waals surface area contributed by atoms with Crippen LogP contribution in [0, 0.1) is 0 Å². The lowest BCUT2D eigenvalue weighted by Gasteiger charge is -2.08. The minimum atomic E-state index is 1.23. The predicted molar refractivity (Wildman–Crippen MR) is 73.7 cm³/mol. The van der Waals surface area contributed by atoms with Crippen molar-refractivity contribution in [2.75, 3.05) is 34.7 Å². The maximum absolute atomic E-state index is 2.27. The van der Waals surface area contributed by atoms with Gasteiger partial charge >= 0.3 is 0 Å². The van der Waals surface area contributed by atoms with Crippen molar-refractivity contribution in [2.45, 2.75) is 44.9 Å². The van der Waals surface area contributed by atoms with Crippen molar-refractivity contribution in [2.24, 2.45) is 0 Å². The van der Waals surface area contributed by atoms with Gasteiger partial charge in [0, 0.05) is 14.1 Å². The number of rotatable bonds is 10. The van der Waals surface area contributed by atoms with Crippen LogP contribution in [0.1, 0.15) is 44.9 Å². The molecule has 2 heteroatoms. The van der Waals surface area contributed by atoms with Crippen LogP contribution in [-0.2, 0) is 0 Å². The Hall–Kier alpha value is -0.500. The van der Waals surface area contributed by atoms with Crippen LogP contribution in [0.3, 0.4) is 0 Å². The van der Waals surface area contributed by atoms with Gasteiger partial charge in [0.1, 0.15) is 0 Å². The molecule has 0 aromatic carbocycles. The van der Waals surface area contributed by atoms with Crippen molar-refractivity contribution in [3.8, 4) is 0 Å². The average molecular weight is 226 g/mol. The fraction of sp³-hybridized carbons (Fsp3) is 0.857. The molecule has 0 atom stereocenters. The van der Waals surface area contributed by atoms with Crippen molar-refractivity contribution in [1.29, 1.82) is 0 Å². The fourth-order valence-corrected chi connectivity index (χ4v) is 1.68. The lowest BCUT2D eigenvalue weighted by atomic mass is 10.1. The smallest absolute Gasteiger partial charge is 0.00555 e. The van der Waals surface area contributed by atoms with E-state index in [4.69, 9.17) is 0 Å². The number of unbranched alkanes of at least 4 members (excludes halogenated alkanes) is 6. The van der Waals surface area contributed by atoms with E-state index in [1.165, 1.54) is 51.5 Å². The van der Waals surface area contributed by atoms with E-state index in [0.717, 1.165) is 0 Å². The molecule has 0 bridgehead atoms. The third kappa shape index (κ3) is 13.5. The standard InChI is InChI=1S/C14H30N2/c1-15(2)13-11-9-7-5-6-8-10-12-14-16(3)4/h11,13H,5-10,12,14H2,1-4H3. The van der Waals surface area contributed by atoms with Crippen molar-refractivity contribution in [3.05, 3.63) is 12.3 Å². The molecule has 0 rings (SSSR count). The van der Waals surface area contributed by atoms with Crippen LogP contribution in [0.5, 0.6) is 0 Å². The zero-order valence-electron chi connectivity index (χ0n) is 11.7. The van der Waals surface area contributed by atoms with Crippen molar-refractivity contribution < 1.29 is 0 Å². The number of allylic oxidation sites excluding steroid dienone is 1. The second kappa shape index (κ2) is 11.0. The summed E-state index contributed by atoms with van der Waals surface area (Å²) in [7, 11) is 8.44. The average Bonchev–Trinajstić information content (AvgIpc) is 2.20. The van der Waals surface area contributed by atoms with Gasteiger partial charge in [-0.15, -0.1) is 0 Å². The summed E-state index contributed by atoms with van der Waals surface area (Å²) in [5, 5.41) is 0. The first-order chi connectivity index (χ1) is 7.63. The van der Waals surface area contributed by atoms with Crippen molar-refractivity contribution >= 4 is 0 Å². The Bertz CT molecular complexity index is 162. The molecular formula is C14H30N2. The van der Waals surface area contributed by atoms with Gasteiger partial charge in [0.25, 0.3) is 0 Å². The largest absolute Gasteiger partial charge is 0.384 e. The fourth-order valence-electron chi connectivity index (χ4n) is 1.68. The summed E-state index contributed by atoms with van der Waals surface area (Å²) < 4.78 is 0. The highest BCUT2D eigenvalue weighted by atomic mass is 15.0. The topological polar surface area (TPSA) is 6.48 Å². The van der Waals surface area contributed by atoms with E-state index in [9.17, 15) is 0 Å². The number of hydrogen-bond acceptors (Lipinski definition) is 2. The molecule has 0 unspecified atom stereocenters. The Morgan fingerprint density at radius 2 is 1.31 bits per heavy atom. The molecule has 0 aliphatic carbocycles. The second-order valence-corrected chi connectivity index (χ2v) is 5.06. The molecule has 0 saturated heterocycles. The quantitative estimate of drug-likeness (QED) is 0.527. The Kier molecular flexibility index (Phi) is 10.7. The normalized spacial score (nSPS) is 11.6. The molecule has 0 aliphatic rings. The highest BCUT2D eigenvalue weighted by molar-refractivity contribution is 4.78. The Balaban J connectivity index is 3.04. The van der Waals surface area contributed by atoms with Gasteiger partial charge in [-0.3, -0.25) is 0 Å². The van der Waals surface area contributed by atoms with E-state index in [-0.39, 0.29) is 0 Å². The molecule has 0 aromatic rings. The lowest BCUT2D eigenvalue weighted by Crippen LogP contribution is -2.12. The van der Waals surface area contributed by atoms with E-state index in [2.05, 4.69) is 50.3 Å². The van der Waals surface area contributed by atoms with Gasteiger partial charge in [-0.1, -0.05) is 31.8 Å². The second-order valence-electron chi connectivity index (χ2n) is 5.06. The molecule has 16 heavy (non-hydrogen) atoms. The molecule has 0 fully saturated rings. The summed E-state index contributed by atoms with van der Waals surface area (Å²) in [6, 6.07) is 0. The van der Waals surface area contributed by atoms with E-state index in [1.54, 1.807) is 0 Å². The Morgan fingerprint density at radius 1 is 0.750 bits per heavy atom. The number of hydrogen-bond donors (Lipinski definition) is 0. The molecular weight excluding hydrogens is 196 g/mol. The van der Waals surface area contributed by atoms with Gasteiger partial charge in [0.05, 0.1) is 0 Å². The number of nitrogens with zero attached hydrogens (tertiary/aromatic N) is 2. The summed E-state index contributed by atoms with van der Waals surface area (Å²) in [5.74, 6) is 0. The summed E-state index contributed by atoms with van der Waals surface area (Å²) in [6.07, 6.45) is 13.9. The zero-order valence-corrected chi connectivity index (χ0v) is 11.7. The third-order valence-electron chi connectivity index (χ3n) is 2.63. The zero-order chi connectivity index (χ0) is 12.2. The van der Waals surface area contributed by atoms with E-state index >= 15 is 0 Å². The minimum Gasteiger partial charge on any atom is -0.384 e. The molecule has 0 amide bonds. The van der Waals surface area contributed by atoms with E-state index < -0.39 is 0 Å². The van der Waals surface area contributed by atoms with Crippen LogP contribution in [-0.4, -0.2) is 44.5 Å². The van der Waals surface area contributed by atoms with E-state index in [0.29, 0.717) is 0 Å². The Morgan fingerprint density at radius 3 is 1.88 bits per heavy atom. The van der Waals surface area contributed by atoms with Crippen LogP contribution in [0.25, 0.3) is 0 Å². The van der Waals surface area contributed by atoms with Crippen LogP contribution in [0.2, 0.25) is 0 Å². The highest BCUT2D eigenvalue weighted by Gasteiger charge is 1.92. The summed E-state index contributed by atoms with van der Waals surface area (Å²) in [6.45, 7) is 1.24. The van der Waals surface area contributed by atoms with Crippen molar-refractivity contribution in [1.82, 2.24) is 9.80 Å². The summed E-state index contributed by atoms with van der Waals surface area (Å²) in [5.41, 5.74) is 0. The molecule has 0 spiro atoms. The first kappa shape index (κ1) is 15.5. The summed E-state index contributed by atoms with van der Waals surface area (Å²) >= 11 is 0. The molecule has 0 aromatic heterocycles. The van der Waals surface area contributed by atoms with Crippen molar-refractivity contribution in [3.63, 3.8) is 0 Å². The van der Waals surface area contributed by atoms with E-state index in [1.807, 2.05) is 0 Å². The van der Waals surface area contributed by atoms with Gasteiger partial charge < -0.3 is 9.80 Å². The first-order valence-electron chi connectivity index (χ1n) is 6.60. The van der Waals surface area contributed by atoms with Crippen LogP contribution >= 0.6 is 0 Å². The monoisotopic (exact) mass is 226 g/mol.